The molecule has 1 fully saturated rings. The number of nitriles is 1. The van der Waals surface area contributed by atoms with E-state index in [0.29, 0.717) is 12.1 Å². The van der Waals surface area contributed by atoms with Gasteiger partial charge < -0.3 is 10.0 Å². The van der Waals surface area contributed by atoms with Crippen LogP contribution in [0.2, 0.25) is 0 Å². The Morgan fingerprint density at radius 1 is 1.47 bits per heavy atom. The van der Waals surface area contributed by atoms with Crippen LogP contribution >= 0.6 is 0 Å². The van der Waals surface area contributed by atoms with E-state index in [-0.39, 0.29) is 6.10 Å². The van der Waals surface area contributed by atoms with E-state index >= 15 is 0 Å². The van der Waals surface area contributed by atoms with Gasteiger partial charge in [0.25, 0.3) is 0 Å². The molecule has 1 N–H and O–H groups in total. The first kappa shape index (κ1) is 11.9. The average Bonchev–Trinajstić information content (AvgIpc) is 2.84. The Bertz CT molecular complexity index is 675. The highest BCUT2D eigenvalue weighted by atomic mass is 16.3. The first-order valence-corrected chi connectivity index (χ1v) is 6.42. The molecular formula is C15H15N3O. The van der Waals surface area contributed by atoms with Gasteiger partial charge in [0.15, 0.2) is 0 Å². The average molecular weight is 253 g/mol. The summed E-state index contributed by atoms with van der Waals surface area (Å²) in [5.74, 6) is 0. The summed E-state index contributed by atoms with van der Waals surface area (Å²) in [5, 5.41) is 20.0. The van der Waals surface area contributed by atoms with Gasteiger partial charge in [0.2, 0.25) is 0 Å². The Labute approximate surface area is 111 Å². The van der Waals surface area contributed by atoms with Crippen LogP contribution in [0.3, 0.4) is 0 Å². The lowest BCUT2D eigenvalue weighted by atomic mass is 10.1. The van der Waals surface area contributed by atoms with Gasteiger partial charge in [0.05, 0.1) is 22.9 Å². The summed E-state index contributed by atoms with van der Waals surface area (Å²) in [4.78, 5) is 6.48. The molecule has 3 rings (SSSR count). The highest BCUT2D eigenvalue weighted by molar-refractivity contribution is 5.96. The van der Waals surface area contributed by atoms with E-state index < -0.39 is 0 Å². The van der Waals surface area contributed by atoms with E-state index in [1.807, 2.05) is 25.1 Å². The third-order valence-electron chi connectivity index (χ3n) is 3.67. The molecule has 0 aliphatic carbocycles. The lowest BCUT2D eigenvalue weighted by Gasteiger charge is -2.21. The van der Waals surface area contributed by atoms with Crippen LogP contribution in [0.15, 0.2) is 24.4 Å². The molecule has 1 aliphatic rings. The highest BCUT2D eigenvalue weighted by Gasteiger charge is 2.24. The Hall–Kier alpha value is -2.12. The fraction of sp³-hybridized carbons (Fsp3) is 0.333. The zero-order valence-corrected chi connectivity index (χ0v) is 10.8. The standard InChI is InChI=1S/C15H15N3O/c1-10-3-2-4-13-14(10)17-8-11(7-16)15(13)18-6-5-12(19)9-18/h2-4,8,12,19H,5-6,9H2,1H3/t12-/m0/s1. The van der Waals surface area contributed by atoms with Crippen molar-refractivity contribution in [3.05, 3.63) is 35.5 Å². The fourth-order valence-corrected chi connectivity index (χ4v) is 2.72. The van der Waals surface area contributed by atoms with Crippen LogP contribution in [0.4, 0.5) is 5.69 Å². The lowest BCUT2D eigenvalue weighted by molar-refractivity contribution is 0.198. The van der Waals surface area contributed by atoms with Crippen molar-refractivity contribution in [1.29, 1.82) is 5.26 Å². The summed E-state index contributed by atoms with van der Waals surface area (Å²) in [5.41, 5.74) is 3.51. The first-order valence-electron chi connectivity index (χ1n) is 6.42. The van der Waals surface area contributed by atoms with Gasteiger partial charge in [-0.25, -0.2) is 0 Å². The maximum Gasteiger partial charge on any atom is 0.103 e. The summed E-state index contributed by atoms with van der Waals surface area (Å²) in [6.07, 6.45) is 2.08. The number of aromatic nitrogens is 1. The van der Waals surface area contributed by atoms with Crippen LogP contribution < -0.4 is 4.90 Å². The molecule has 1 aromatic heterocycles. The van der Waals surface area contributed by atoms with Gasteiger partial charge in [-0.3, -0.25) is 4.98 Å². The summed E-state index contributed by atoms with van der Waals surface area (Å²) in [6, 6.07) is 8.21. The Morgan fingerprint density at radius 2 is 2.32 bits per heavy atom. The summed E-state index contributed by atoms with van der Waals surface area (Å²) in [7, 11) is 0. The third-order valence-corrected chi connectivity index (χ3v) is 3.67. The van der Waals surface area contributed by atoms with Crippen LogP contribution in [0, 0.1) is 18.3 Å². The van der Waals surface area contributed by atoms with Gasteiger partial charge in [0, 0.05) is 24.7 Å². The number of pyridine rings is 1. The number of aliphatic hydroxyl groups is 1. The monoisotopic (exact) mass is 253 g/mol. The lowest BCUT2D eigenvalue weighted by Crippen LogP contribution is -2.22. The Balaban J connectivity index is 2.25. The van der Waals surface area contributed by atoms with Crippen molar-refractivity contribution in [2.75, 3.05) is 18.0 Å². The molecule has 4 heteroatoms. The number of rotatable bonds is 1. The van der Waals surface area contributed by atoms with Gasteiger partial charge in [0.1, 0.15) is 6.07 Å². The van der Waals surface area contributed by atoms with E-state index in [9.17, 15) is 10.4 Å². The molecule has 2 aromatic rings. The Kier molecular flexibility index (Phi) is 2.84. The molecule has 1 aliphatic heterocycles. The van der Waals surface area contributed by atoms with Crippen LogP contribution in [0.1, 0.15) is 17.5 Å². The number of benzene rings is 1. The number of para-hydroxylation sites is 1. The van der Waals surface area contributed by atoms with E-state index in [0.717, 1.165) is 35.1 Å². The second-order valence-corrected chi connectivity index (χ2v) is 4.99. The minimum Gasteiger partial charge on any atom is -0.391 e. The van der Waals surface area contributed by atoms with Crippen molar-refractivity contribution in [2.24, 2.45) is 0 Å². The maximum atomic E-state index is 9.71. The van der Waals surface area contributed by atoms with E-state index in [1.54, 1.807) is 6.20 Å². The van der Waals surface area contributed by atoms with Crippen molar-refractivity contribution in [1.82, 2.24) is 4.98 Å². The van der Waals surface area contributed by atoms with Crippen molar-refractivity contribution in [2.45, 2.75) is 19.4 Å². The summed E-state index contributed by atoms with van der Waals surface area (Å²) < 4.78 is 0. The molecule has 19 heavy (non-hydrogen) atoms. The number of fused-ring (bicyclic) bond motifs is 1. The number of aryl methyl sites for hydroxylation is 1. The summed E-state index contributed by atoms with van der Waals surface area (Å²) in [6.45, 7) is 3.38. The molecule has 96 valence electrons. The molecule has 4 nitrogen and oxygen atoms in total. The largest absolute Gasteiger partial charge is 0.391 e. The molecule has 2 heterocycles. The number of nitrogens with zero attached hydrogens (tertiary/aromatic N) is 3. The molecule has 0 bridgehead atoms. The van der Waals surface area contributed by atoms with Crippen LogP contribution in [-0.4, -0.2) is 29.3 Å². The molecule has 1 saturated heterocycles. The van der Waals surface area contributed by atoms with Crippen molar-refractivity contribution in [3.8, 4) is 6.07 Å². The van der Waals surface area contributed by atoms with E-state index in [2.05, 4.69) is 16.0 Å². The second kappa shape index (κ2) is 4.52. The molecule has 0 unspecified atom stereocenters. The number of anilines is 1. The van der Waals surface area contributed by atoms with Crippen molar-refractivity contribution in [3.63, 3.8) is 0 Å². The minimum absolute atomic E-state index is 0.306. The Morgan fingerprint density at radius 3 is 3.00 bits per heavy atom. The fourth-order valence-electron chi connectivity index (χ4n) is 2.72. The number of β-amino-alcohol motifs (C(OH)–C–C–N with tert-alkyl or cyclic N) is 1. The molecular weight excluding hydrogens is 238 g/mol. The van der Waals surface area contributed by atoms with Crippen LogP contribution in [-0.2, 0) is 0 Å². The van der Waals surface area contributed by atoms with Gasteiger partial charge in [-0.1, -0.05) is 18.2 Å². The predicted octanol–water partition coefficient (Wildman–Crippen LogP) is 1.99. The predicted molar refractivity (Wildman–Crippen MR) is 74.0 cm³/mol. The molecule has 0 amide bonds. The zero-order valence-electron chi connectivity index (χ0n) is 10.8. The van der Waals surface area contributed by atoms with Crippen LogP contribution in [0.25, 0.3) is 10.9 Å². The molecule has 0 radical (unpaired) electrons. The van der Waals surface area contributed by atoms with Crippen LogP contribution in [0.5, 0.6) is 0 Å². The maximum absolute atomic E-state index is 9.71. The topological polar surface area (TPSA) is 60.1 Å². The quantitative estimate of drug-likeness (QED) is 0.844. The number of hydrogen-bond acceptors (Lipinski definition) is 4. The summed E-state index contributed by atoms with van der Waals surface area (Å²) >= 11 is 0. The SMILES string of the molecule is Cc1cccc2c(N3CC[C@H](O)C3)c(C#N)cnc12. The van der Waals surface area contributed by atoms with Gasteiger partial charge in [-0.05, 0) is 18.9 Å². The normalized spacial score (nSPS) is 18.8. The third kappa shape index (κ3) is 1.92. The van der Waals surface area contributed by atoms with Crippen molar-refractivity contribution < 1.29 is 5.11 Å². The van der Waals surface area contributed by atoms with E-state index in [4.69, 9.17) is 0 Å². The first-order chi connectivity index (χ1) is 9.20. The molecule has 0 spiro atoms. The minimum atomic E-state index is -0.306. The number of aliphatic hydroxyl groups excluding tert-OH is 1. The molecule has 1 atom stereocenters. The van der Waals surface area contributed by atoms with Gasteiger partial charge in [-0.2, -0.15) is 5.26 Å². The number of hydrogen-bond donors (Lipinski definition) is 1. The second-order valence-electron chi connectivity index (χ2n) is 4.99. The smallest absolute Gasteiger partial charge is 0.103 e. The van der Waals surface area contributed by atoms with E-state index in [1.165, 1.54) is 0 Å². The highest BCUT2D eigenvalue weighted by Crippen LogP contribution is 2.32. The van der Waals surface area contributed by atoms with Crippen molar-refractivity contribution >= 4 is 16.6 Å². The molecule has 0 saturated carbocycles. The van der Waals surface area contributed by atoms with Gasteiger partial charge >= 0.3 is 0 Å². The van der Waals surface area contributed by atoms with Gasteiger partial charge in [-0.15, -0.1) is 0 Å². The molecule has 1 aromatic carbocycles. The zero-order chi connectivity index (χ0) is 13.4.